The van der Waals surface area contributed by atoms with Crippen molar-refractivity contribution in [3.63, 3.8) is 0 Å². The van der Waals surface area contributed by atoms with Crippen molar-refractivity contribution >= 4 is 6.03 Å². The average molecular weight is 240 g/mol. The van der Waals surface area contributed by atoms with E-state index in [4.69, 9.17) is 0 Å². The van der Waals surface area contributed by atoms with Crippen LogP contribution in [0.2, 0.25) is 0 Å². The molecule has 3 N–H and O–H groups in total. The number of carbonyl (C=O) groups is 1. The summed E-state index contributed by atoms with van der Waals surface area (Å²) in [5.74, 6) is 0.452. The molecule has 0 aromatic heterocycles. The fourth-order valence-electron chi connectivity index (χ4n) is 2.99. The lowest BCUT2D eigenvalue weighted by molar-refractivity contribution is 0.101. The Balaban J connectivity index is 1.61. The maximum absolute atomic E-state index is 11.6. The highest BCUT2D eigenvalue weighted by Gasteiger charge is 2.21. The van der Waals surface area contributed by atoms with Gasteiger partial charge in [0.05, 0.1) is 6.10 Å². The molecule has 0 bridgehead atoms. The van der Waals surface area contributed by atoms with Crippen molar-refractivity contribution < 1.29 is 9.90 Å². The predicted octanol–water partition coefficient (Wildman–Crippen LogP) is 1.78. The number of urea groups is 1. The quantitative estimate of drug-likeness (QED) is 0.704. The molecule has 0 heterocycles. The van der Waals surface area contributed by atoms with Crippen LogP contribution in [0.25, 0.3) is 0 Å². The molecule has 4 heteroatoms. The van der Waals surface area contributed by atoms with E-state index in [1.165, 1.54) is 12.8 Å². The molecule has 0 aromatic carbocycles. The van der Waals surface area contributed by atoms with Crippen LogP contribution in [0.5, 0.6) is 0 Å². The highest BCUT2D eigenvalue weighted by atomic mass is 16.3. The molecule has 0 saturated heterocycles. The minimum atomic E-state index is -0.159. The van der Waals surface area contributed by atoms with Gasteiger partial charge in [0.1, 0.15) is 0 Å². The topological polar surface area (TPSA) is 61.4 Å². The summed E-state index contributed by atoms with van der Waals surface area (Å²) in [4.78, 5) is 11.6. The second-order valence-electron chi connectivity index (χ2n) is 5.52. The molecule has 2 saturated carbocycles. The van der Waals surface area contributed by atoms with E-state index in [1.54, 1.807) is 0 Å². The highest BCUT2D eigenvalue weighted by Crippen LogP contribution is 2.23. The minimum Gasteiger partial charge on any atom is -0.393 e. The van der Waals surface area contributed by atoms with Crippen LogP contribution in [0.1, 0.15) is 51.4 Å². The lowest BCUT2D eigenvalue weighted by atomic mass is 9.87. The van der Waals surface area contributed by atoms with E-state index in [-0.39, 0.29) is 12.1 Å². The summed E-state index contributed by atoms with van der Waals surface area (Å²) in [5, 5.41) is 15.5. The first-order chi connectivity index (χ1) is 8.24. The van der Waals surface area contributed by atoms with Gasteiger partial charge in [-0.2, -0.15) is 0 Å². The maximum atomic E-state index is 11.6. The first kappa shape index (κ1) is 12.7. The second kappa shape index (κ2) is 6.24. The largest absolute Gasteiger partial charge is 0.393 e. The lowest BCUT2D eigenvalue weighted by Crippen LogP contribution is -2.43. The molecule has 2 aliphatic rings. The zero-order chi connectivity index (χ0) is 12.1. The number of aliphatic hydroxyl groups excluding tert-OH is 1. The fourth-order valence-corrected chi connectivity index (χ4v) is 2.99. The summed E-state index contributed by atoms with van der Waals surface area (Å²) in [7, 11) is 0. The Morgan fingerprint density at radius 2 is 1.88 bits per heavy atom. The molecule has 2 unspecified atom stereocenters. The predicted molar refractivity (Wildman–Crippen MR) is 66.8 cm³/mol. The van der Waals surface area contributed by atoms with Crippen molar-refractivity contribution in [1.82, 2.24) is 10.6 Å². The van der Waals surface area contributed by atoms with Crippen LogP contribution >= 0.6 is 0 Å². The van der Waals surface area contributed by atoms with Crippen molar-refractivity contribution in [2.24, 2.45) is 5.92 Å². The Bertz CT molecular complexity index is 252. The molecule has 2 fully saturated rings. The van der Waals surface area contributed by atoms with Crippen molar-refractivity contribution in [1.29, 1.82) is 0 Å². The maximum Gasteiger partial charge on any atom is 0.315 e. The zero-order valence-electron chi connectivity index (χ0n) is 10.5. The van der Waals surface area contributed by atoms with Gasteiger partial charge in [0.15, 0.2) is 0 Å². The number of rotatable bonds is 3. The van der Waals surface area contributed by atoms with Crippen LogP contribution in [0.3, 0.4) is 0 Å². The van der Waals surface area contributed by atoms with E-state index in [1.807, 2.05) is 0 Å². The third kappa shape index (κ3) is 4.19. The standard InChI is InChI=1S/C13H24N2O2/c16-12-7-3-4-10(8-12)9-14-13(17)15-11-5-1-2-6-11/h10-12,16H,1-9H2,(H2,14,15,17). The molecule has 2 rings (SSSR count). The zero-order valence-corrected chi connectivity index (χ0v) is 10.5. The Kier molecular flexibility index (Phi) is 4.66. The lowest BCUT2D eigenvalue weighted by Gasteiger charge is -2.26. The second-order valence-corrected chi connectivity index (χ2v) is 5.52. The van der Waals surface area contributed by atoms with Gasteiger partial charge >= 0.3 is 6.03 Å². The van der Waals surface area contributed by atoms with Gasteiger partial charge in [0.25, 0.3) is 0 Å². The Morgan fingerprint density at radius 1 is 1.12 bits per heavy atom. The summed E-state index contributed by atoms with van der Waals surface area (Å²) in [5.41, 5.74) is 0. The van der Waals surface area contributed by atoms with E-state index >= 15 is 0 Å². The van der Waals surface area contributed by atoms with Gasteiger partial charge in [-0.05, 0) is 38.0 Å². The van der Waals surface area contributed by atoms with Crippen molar-refractivity contribution in [2.45, 2.75) is 63.5 Å². The van der Waals surface area contributed by atoms with E-state index in [0.717, 1.165) is 38.5 Å². The van der Waals surface area contributed by atoms with Crippen molar-refractivity contribution in [3.05, 3.63) is 0 Å². The molecule has 2 amide bonds. The molecular weight excluding hydrogens is 216 g/mol. The molecule has 0 radical (unpaired) electrons. The van der Waals surface area contributed by atoms with E-state index in [9.17, 15) is 9.90 Å². The van der Waals surface area contributed by atoms with Crippen LogP contribution in [-0.2, 0) is 0 Å². The molecule has 98 valence electrons. The van der Waals surface area contributed by atoms with E-state index in [0.29, 0.717) is 18.5 Å². The first-order valence-electron chi connectivity index (χ1n) is 6.96. The van der Waals surface area contributed by atoms with Gasteiger partial charge in [-0.3, -0.25) is 0 Å². The molecular formula is C13H24N2O2. The molecule has 0 aromatic rings. The van der Waals surface area contributed by atoms with Gasteiger partial charge in [0, 0.05) is 12.6 Å². The Hall–Kier alpha value is -0.770. The molecule has 2 aliphatic carbocycles. The fraction of sp³-hybridized carbons (Fsp3) is 0.923. The summed E-state index contributed by atoms with van der Waals surface area (Å²) in [6, 6.07) is 0.351. The Labute approximate surface area is 103 Å². The van der Waals surface area contributed by atoms with Gasteiger partial charge in [0.2, 0.25) is 0 Å². The third-order valence-electron chi connectivity index (χ3n) is 4.00. The number of carbonyl (C=O) groups excluding carboxylic acids is 1. The van der Waals surface area contributed by atoms with E-state index < -0.39 is 0 Å². The summed E-state index contributed by atoms with van der Waals surface area (Å²) < 4.78 is 0. The van der Waals surface area contributed by atoms with Crippen molar-refractivity contribution in [3.8, 4) is 0 Å². The smallest absolute Gasteiger partial charge is 0.315 e. The highest BCUT2D eigenvalue weighted by molar-refractivity contribution is 5.74. The summed E-state index contributed by atoms with van der Waals surface area (Å²) in [6.07, 6.45) is 8.52. The van der Waals surface area contributed by atoms with Crippen LogP contribution in [0.4, 0.5) is 4.79 Å². The first-order valence-corrected chi connectivity index (χ1v) is 6.96. The number of nitrogens with one attached hydrogen (secondary N) is 2. The van der Waals surface area contributed by atoms with E-state index in [2.05, 4.69) is 10.6 Å². The normalized spacial score (nSPS) is 30.2. The minimum absolute atomic E-state index is 0.0306. The number of hydrogen-bond acceptors (Lipinski definition) is 2. The molecule has 2 atom stereocenters. The average Bonchev–Trinajstić information content (AvgIpc) is 2.79. The van der Waals surface area contributed by atoms with Gasteiger partial charge in [-0.1, -0.05) is 19.3 Å². The molecule has 4 nitrogen and oxygen atoms in total. The van der Waals surface area contributed by atoms with Crippen LogP contribution < -0.4 is 10.6 Å². The number of hydrogen-bond donors (Lipinski definition) is 3. The molecule has 0 spiro atoms. The van der Waals surface area contributed by atoms with Crippen molar-refractivity contribution in [2.75, 3.05) is 6.54 Å². The van der Waals surface area contributed by atoms with Crippen LogP contribution in [0, 0.1) is 5.92 Å². The monoisotopic (exact) mass is 240 g/mol. The SMILES string of the molecule is O=C(NCC1CCCC(O)C1)NC1CCCC1. The van der Waals surface area contributed by atoms with Gasteiger partial charge in [-0.25, -0.2) is 4.79 Å². The van der Waals surface area contributed by atoms with Crippen LogP contribution in [0.15, 0.2) is 0 Å². The number of amides is 2. The van der Waals surface area contributed by atoms with Gasteiger partial charge in [-0.15, -0.1) is 0 Å². The number of aliphatic hydroxyl groups is 1. The molecule has 0 aliphatic heterocycles. The summed E-state index contributed by atoms with van der Waals surface area (Å²) >= 11 is 0. The third-order valence-corrected chi connectivity index (χ3v) is 4.00. The summed E-state index contributed by atoms with van der Waals surface area (Å²) in [6.45, 7) is 0.704. The van der Waals surface area contributed by atoms with Gasteiger partial charge < -0.3 is 15.7 Å². The molecule has 17 heavy (non-hydrogen) atoms. The Morgan fingerprint density at radius 3 is 2.59 bits per heavy atom. The van der Waals surface area contributed by atoms with Crippen LogP contribution in [-0.4, -0.2) is 29.8 Å².